The summed E-state index contributed by atoms with van der Waals surface area (Å²) in [5, 5.41) is 10.3. The Morgan fingerprint density at radius 3 is 2.79 bits per heavy atom. The molecule has 154 valence electrons. The van der Waals surface area contributed by atoms with Crippen molar-refractivity contribution in [3.05, 3.63) is 44.3 Å². The Morgan fingerprint density at radius 2 is 2.07 bits per heavy atom. The fraction of sp³-hybridized carbons (Fsp3) is 0.450. The third kappa shape index (κ3) is 4.01. The van der Waals surface area contributed by atoms with Gasteiger partial charge in [-0.2, -0.15) is 0 Å². The Kier molecular flexibility index (Phi) is 5.84. The first-order chi connectivity index (χ1) is 13.9. The second-order valence-corrected chi connectivity index (χ2v) is 9.73. The largest absolute Gasteiger partial charge is 0.396 e. The number of amides is 2. The fourth-order valence-electron chi connectivity index (χ4n) is 4.28. The van der Waals surface area contributed by atoms with Crippen molar-refractivity contribution in [3.8, 4) is 0 Å². The average Bonchev–Trinajstić information content (AvgIpc) is 3.39. The van der Waals surface area contributed by atoms with Crippen LogP contribution in [0.1, 0.15) is 29.8 Å². The summed E-state index contributed by atoms with van der Waals surface area (Å²) in [6.45, 7) is 1.72. The Balaban J connectivity index is 1.58. The number of nitrogens with zero attached hydrogens (tertiary/aromatic N) is 3. The molecular formula is C20H21Cl2N3O3S. The maximum Gasteiger partial charge on any atom is 0.233 e. The summed E-state index contributed by atoms with van der Waals surface area (Å²) in [7, 11) is 0. The minimum absolute atomic E-state index is 0.00617. The predicted molar refractivity (Wildman–Crippen MR) is 114 cm³/mol. The van der Waals surface area contributed by atoms with Crippen molar-refractivity contribution in [2.45, 2.75) is 31.1 Å². The van der Waals surface area contributed by atoms with Gasteiger partial charge in [0.2, 0.25) is 11.8 Å². The summed E-state index contributed by atoms with van der Waals surface area (Å²) in [4.78, 5) is 33.4. The first-order valence-electron chi connectivity index (χ1n) is 9.51. The normalized spacial score (nSPS) is 20.5. The number of anilines is 1. The van der Waals surface area contributed by atoms with Gasteiger partial charge < -0.3 is 14.9 Å². The highest BCUT2D eigenvalue weighted by atomic mass is 35.5. The number of carbonyl (C=O) groups is 2. The topological polar surface area (TPSA) is 73.7 Å². The molecule has 0 radical (unpaired) electrons. The molecule has 4 rings (SSSR count). The smallest absolute Gasteiger partial charge is 0.233 e. The summed E-state index contributed by atoms with van der Waals surface area (Å²) in [5.74, 6) is 0.00299. The summed E-state index contributed by atoms with van der Waals surface area (Å²) in [5.41, 5.74) is 1.56. The highest BCUT2D eigenvalue weighted by molar-refractivity contribution is 7.15. The number of aromatic nitrogens is 1. The van der Waals surface area contributed by atoms with Crippen molar-refractivity contribution in [3.63, 3.8) is 0 Å². The number of carbonyl (C=O) groups excluding carboxylic acids is 2. The van der Waals surface area contributed by atoms with Crippen molar-refractivity contribution in [2.75, 3.05) is 31.1 Å². The van der Waals surface area contributed by atoms with E-state index < -0.39 is 0 Å². The maximum absolute atomic E-state index is 13.1. The number of halogens is 2. The zero-order valence-corrected chi connectivity index (χ0v) is 18.1. The number of aliphatic hydroxyl groups excluding tert-OH is 1. The summed E-state index contributed by atoms with van der Waals surface area (Å²) >= 11 is 13.5. The zero-order chi connectivity index (χ0) is 20.6. The van der Waals surface area contributed by atoms with Crippen LogP contribution >= 0.6 is 34.5 Å². The number of fused-ring (bicyclic) bond motifs is 2. The van der Waals surface area contributed by atoms with Crippen molar-refractivity contribution in [2.24, 2.45) is 0 Å². The van der Waals surface area contributed by atoms with Crippen LogP contribution < -0.4 is 4.90 Å². The van der Waals surface area contributed by atoms with Gasteiger partial charge in [0.1, 0.15) is 9.34 Å². The number of hydrogen-bond acceptors (Lipinski definition) is 5. The van der Waals surface area contributed by atoms with Crippen LogP contribution in [0.15, 0.2) is 24.4 Å². The monoisotopic (exact) mass is 453 g/mol. The lowest BCUT2D eigenvalue weighted by molar-refractivity contribution is -0.130. The van der Waals surface area contributed by atoms with Gasteiger partial charge in [0.25, 0.3) is 0 Å². The third-order valence-corrected chi connectivity index (χ3v) is 7.02. The van der Waals surface area contributed by atoms with Gasteiger partial charge >= 0.3 is 0 Å². The first kappa shape index (κ1) is 20.6. The molecule has 2 aliphatic heterocycles. The number of benzene rings is 1. The second kappa shape index (κ2) is 8.22. The zero-order valence-electron chi connectivity index (χ0n) is 15.7. The first-order valence-corrected chi connectivity index (χ1v) is 11.1. The molecule has 29 heavy (non-hydrogen) atoms. The van der Waals surface area contributed by atoms with Crippen molar-refractivity contribution >= 4 is 52.0 Å². The van der Waals surface area contributed by atoms with Crippen LogP contribution in [0.5, 0.6) is 0 Å². The van der Waals surface area contributed by atoms with Crippen LogP contribution in [0.2, 0.25) is 9.36 Å². The lowest BCUT2D eigenvalue weighted by Gasteiger charge is -2.26. The van der Waals surface area contributed by atoms with Gasteiger partial charge in [-0.3, -0.25) is 9.59 Å². The molecule has 0 aliphatic carbocycles. The lowest BCUT2D eigenvalue weighted by atomic mass is 9.81. The minimum Gasteiger partial charge on any atom is -0.396 e. The minimum atomic E-state index is -0.314. The summed E-state index contributed by atoms with van der Waals surface area (Å²) < 4.78 is 0.561. The van der Waals surface area contributed by atoms with E-state index in [1.807, 2.05) is 17.0 Å². The third-order valence-electron chi connectivity index (χ3n) is 5.67. The Labute approximate surface area is 183 Å². The molecule has 1 unspecified atom stereocenters. The number of aliphatic hydroxyl groups is 1. The van der Waals surface area contributed by atoms with Gasteiger partial charge in [-0.25, -0.2) is 4.98 Å². The molecule has 0 saturated carbocycles. The number of hydrogen-bond donors (Lipinski definition) is 1. The lowest BCUT2D eigenvalue weighted by Crippen LogP contribution is -2.40. The molecule has 1 aromatic carbocycles. The van der Waals surface area contributed by atoms with E-state index in [1.165, 1.54) is 11.3 Å². The predicted octanol–water partition coefficient (Wildman–Crippen LogP) is 3.28. The van der Waals surface area contributed by atoms with Crippen molar-refractivity contribution in [1.29, 1.82) is 0 Å². The maximum atomic E-state index is 13.1. The highest BCUT2D eigenvalue weighted by Gasteiger charge is 2.49. The fourth-order valence-corrected chi connectivity index (χ4v) is 5.40. The van der Waals surface area contributed by atoms with Crippen molar-refractivity contribution in [1.82, 2.24) is 9.88 Å². The van der Waals surface area contributed by atoms with E-state index in [0.717, 1.165) is 17.7 Å². The molecule has 0 bridgehead atoms. The summed E-state index contributed by atoms with van der Waals surface area (Å²) in [6, 6.07) is 5.60. The molecule has 2 amide bonds. The van der Waals surface area contributed by atoms with Gasteiger partial charge in [-0.15, -0.1) is 11.3 Å². The molecule has 6 nitrogen and oxygen atoms in total. The SMILES string of the molecule is O=C(CCCO)N1CCC2(C1)CN(C(=O)Cc1ncc(Cl)s1)c1ccc(Cl)cc12. The molecule has 2 aliphatic rings. The van der Waals surface area contributed by atoms with E-state index in [0.29, 0.717) is 46.8 Å². The molecule has 3 heterocycles. The van der Waals surface area contributed by atoms with Crippen molar-refractivity contribution < 1.29 is 14.7 Å². The van der Waals surface area contributed by atoms with Gasteiger partial charge in [-0.1, -0.05) is 23.2 Å². The summed E-state index contributed by atoms with van der Waals surface area (Å²) in [6.07, 6.45) is 3.32. The van der Waals surface area contributed by atoms with Crippen LogP contribution in [0, 0.1) is 0 Å². The van der Waals surface area contributed by atoms with E-state index >= 15 is 0 Å². The van der Waals surface area contributed by atoms with Crippen LogP contribution in [-0.4, -0.2) is 53.0 Å². The number of rotatable bonds is 5. The van der Waals surface area contributed by atoms with E-state index in [2.05, 4.69) is 4.98 Å². The molecule has 1 aromatic heterocycles. The van der Waals surface area contributed by atoms with E-state index in [-0.39, 0.29) is 30.3 Å². The standard InChI is InChI=1S/C20H21Cl2N3O3S/c21-13-3-4-15-14(8-13)20(5-6-24(11-20)18(27)2-1-7-26)12-25(15)19(28)9-17-23-10-16(22)29-17/h3-4,8,10,26H,1-2,5-7,9,11-12H2. The van der Waals surface area contributed by atoms with E-state index in [4.69, 9.17) is 28.3 Å². The van der Waals surface area contributed by atoms with Crippen LogP contribution in [-0.2, 0) is 21.4 Å². The molecule has 1 spiro atoms. The molecule has 9 heteroatoms. The second-order valence-electron chi connectivity index (χ2n) is 7.55. The molecule has 1 N–H and O–H groups in total. The molecular weight excluding hydrogens is 433 g/mol. The Hall–Kier alpha value is -1.67. The van der Waals surface area contributed by atoms with Crippen LogP contribution in [0.3, 0.4) is 0 Å². The Bertz CT molecular complexity index is 951. The highest BCUT2D eigenvalue weighted by Crippen LogP contribution is 2.47. The van der Waals surface area contributed by atoms with Crippen LogP contribution in [0.25, 0.3) is 0 Å². The molecule has 1 fully saturated rings. The molecule has 2 aromatic rings. The number of likely N-dealkylation sites (tertiary alicyclic amines) is 1. The van der Waals surface area contributed by atoms with Gasteiger partial charge in [0, 0.05) is 48.8 Å². The van der Waals surface area contributed by atoms with Gasteiger partial charge in [-0.05, 0) is 36.6 Å². The van der Waals surface area contributed by atoms with E-state index in [1.54, 1.807) is 17.2 Å². The average molecular weight is 454 g/mol. The van der Waals surface area contributed by atoms with E-state index in [9.17, 15) is 9.59 Å². The van der Waals surface area contributed by atoms with Gasteiger partial charge in [0.15, 0.2) is 0 Å². The van der Waals surface area contributed by atoms with Crippen LogP contribution in [0.4, 0.5) is 5.69 Å². The Morgan fingerprint density at radius 1 is 1.24 bits per heavy atom. The quantitative estimate of drug-likeness (QED) is 0.753. The van der Waals surface area contributed by atoms with Gasteiger partial charge in [0.05, 0.1) is 12.6 Å². The molecule has 1 atom stereocenters. The molecule has 1 saturated heterocycles. The number of thiazole rings is 1.